The predicted molar refractivity (Wildman–Crippen MR) is 95.0 cm³/mol. The molecule has 0 bridgehead atoms. The Balaban J connectivity index is 2.01. The zero-order valence-corrected chi connectivity index (χ0v) is 14.9. The lowest BCUT2D eigenvalue weighted by molar-refractivity contribution is 0.395. The lowest BCUT2D eigenvalue weighted by Gasteiger charge is -2.28. The van der Waals surface area contributed by atoms with Crippen molar-refractivity contribution < 1.29 is 9.47 Å². The van der Waals surface area contributed by atoms with E-state index in [1.807, 2.05) is 19.1 Å². The molecular formula is C19H25N3O2. The monoisotopic (exact) mass is 327 g/mol. The summed E-state index contributed by atoms with van der Waals surface area (Å²) in [5.41, 5.74) is 2.17. The van der Waals surface area contributed by atoms with Gasteiger partial charge >= 0.3 is 0 Å². The molecule has 2 aromatic rings. The van der Waals surface area contributed by atoms with Crippen LogP contribution in [-0.4, -0.2) is 30.7 Å². The summed E-state index contributed by atoms with van der Waals surface area (Å²) in [6, 6.07) is 8.31. The Kier molecular flexibility index (Phi) is 4.88. The molecule has 5 heteroatoms. The minimum Gasteiger partial charge on any atom is -0.497 e. The van der Waals surface area contributed by atoms with E-state index < -0.39 is 0 Å². The van der Waals surface area contributed by atoms with Crippen LogP contribution in [0.5, 0.6) is 11.5 Å². The normalized spacial score (nSPS) is 17.2. The van der Waals surface area contributed by atoms with E-state index in [9.17, 15) is 0 Å². The molecule has 1 saturated heterocycles. The zero-order chi connectivity index (χ0) is 17.1. The Hall–Kier alpha value is -2.30. The van der Waals surface area contributed by atoms with E-state index in [4.69, 9.17) is 14.5 Å². The van der Waals surface area contributed by atoms with Crippen molar-refractivity contribution in [1.29, 1.82) is 0 Å². The molecule has 0 radical (unpaired) electrons. The van der Waals surface area contributed by atoms with Gasteiger partial charge in [-0.2, -0.15) is 0 Å². The summed E-state index contributed by atoms with van der Waals surface area (Å²) >= 11 is 0. The van der Waals surface area contributed by atoms with Crippen molar-refractivity contribution in [2.75, 3.05) is 25.7 Å². The van der Waals surface area contributed by atoms with Crippen LogP contribution in [0.1, 0.15) is 42.9 Å². The number of hydrogen-bond acceptors (Lipinski definition) is 5. The van der Waals surface area contributed by atoms with Crippen molar-refractivity contribution in [1.82, 2.24) is 9.97 Å². The second kappa shape index (κ2) is 7.07. The molecule has 5 nitrogen and oxygen atoms in total. The minimum atomic E-state index is 0.244. The van der Waals surface area contributed by atoms with Crippen molar-refractivity contribution in [3.8, 4) is 11.5 Å². The number of ether oxygens (including phenoxy) is 2. The van der Waals surface area contributed by atoms with Gasteiger partial charge in [-0.05, 0) is 38.0 Å². The maximum absolute atomic E-state index is 5.60. The van der Waals surface area contributed by atoms with Crippen LogP contribution in [0.25, 0.3) is 0 Å². The smallest absolute Gasteiger partial charge is 0.133 e. The Morgan fingerprint density at radius 1 is 1.17 bits per heavy atom. The molecule has 1 aromatic heterocycles. The van der Waals surface area contributed by atoms with E-state index >= 15 is 0 Å². The number of anilines is 1. The molecule has 1 fully saturated rings. The Morgan fingerprint density at radius 2 is 2.00 bits per heavy atom. The molecule has 0 saturated carbocycles. The van der Waals surface area contributed by atoms with Gasteiger partial charge in [0.2, 0.25) is 0 Å². The average Bonchev–Trinajstić information content (AvgIpc) is 3.10. The summed E-state index contributed by atoms with van der Waals surface area (Å²) in [4.78, 5) is 11.6. The van der Waals surface area contributed by atoms with E-state index in [2.05, 4.69) is 28.9 Å². The van der Waals surface area contributed by atoms with Gasteiger partial charge in [-0.25, -0.2) is 9.97 Å². The lowest BCUT2D eigenvalue weighted by Crippen LogP contribution is -2.24. The third kappa shape index (κ3) is 3.16. The summed E-state index contributed by atoms with van der Waals surface area (Å²) in [5, 5.41) is 0. The zero-order valence-electron chi connectivity index (χ0n) is 14.9. The van der Waals surface area contributed by atoms with Crippen molar-refractivity contribution in [3.63, 3.8) is 0 Å². The van der Waals surface area contributed by atoms with E-state index in [0.717, 1.165) is 60.2 Å². The molecule has 0 N–H and O–H groups in total. The topological polar surface area (TPSA) is 47.5 Å². The molecular weight excluding hydrogens is 302 g/mol. The van der Waals surface area contributed by atoms with Gasteiger partial charge < -0.3 is 14.4 Å². The van der Waals surface area contributed by atoms with Crippen LogP contribution in [0.2, 0.25) is 0 Å². The predicted octanol–water partition coefficient (Wildman–Crippen LogP) is 3.71. The van der Waals surface area contributed by atoms with Gasteiger partial charge in [0, 0.05) is 30.3 Å². The quantitative estimate of drug-likeness (QED) is 0.838. The average molecular weight is 327 g/mol. The van der Waals surface area contributed by atoms with Crippen molar-refractivity contribution in [2.45, 2.75) is 39.2 Å². The van der Waals surface area contributed by atoms with E-state index in [1.165, 1.54) is 0 Å². The molecule has 1 aliphatic rings. The maximum Gasteiger partial charge on any atom is 0.133 e. The second-order valence-electron chi connectivity index (χ2n) is 6.10. The number of rotatable bonds is 5. The number of aryl methyl sites for hydroxylation is 2. The lowest BCUT2D eigenvalue weighted by atomic mass is 10.0. The molecule has 128 valence electrons. The highest BCUT2D eigenvalue weighted by molar-refractivity contribution is 5.50. The van der Waals surface area contributed by atoms with E-state index in [-0.39, 0.29) is 6.04 Å². The fraction of sp³-hybridized carbons (Fsp3) is 0.474. The third-order valence-electron chi connectivity index (χ3n) is 4.55. The van der Waals surface area contributed by atoms with E-state index in [0.29, 0.717) is 0 Å². The molecule has 0 unspecified atom stereocenters. The van der Waals surface area contributed by atoms with Crippen LogP contribution in [0.4, 0.5) is 5.82 Å². The molecule has 0 spiro atoms. The number of hydrogen-bond donors (Lipinski definition) is 0. The Morgan fingerprint density at radius 3 is 2.71 bits per heavy atom. The standard InChI is InChI=1S/C19H25N3O2/c1-5-18-20-13(2)11-19(21-18)22-10-6-7-16(22)15-12-14(23-3)8-9-17(15)24-4/h8-9,11-12,16H,5-7,10H2,1-4H3/t16-/m1/s1. The van der Waals surface area contributed by atoms with Crippen LogP contribution in [0.3, 0.4) is 0 Å². The van der Waals surface area contributed by atoms with Crippen LogP contribution >= 0.6 is 0 Å². The number of methoxy groups -OCH3 is 2. The summed E-state index contributed by atoms with van der Waals surface area (Å²) in [7, 11) is 3.41. The first-order chi connectivity index (χ1) is 11.7. The molecule has 1 atom stereocenters. The second-order valence-corrected chi connectivity index (χ2v) is 6.10. The van der Waals surface area contributed by atoms with Gasteiger partial charge in [0.15, 0.2) is 0 Å². The van der Waals surface area contributed by atoms with Gasteiger partial charge in [-0.15, -0.1) is 0 Å². The molecule has 3 rings (SSSR count). The highest BCUT2D eigenvalue weighted by atomic mass is 16.5. The van der Waals surface area contributed by atoms with E-state index in [1.54, 1.807) is 14.2 Å². The number of aromatic nitrogens is 2. The Bertz CT molecular complexity index is 718. The number of benzene rings is 1. The highest BCUT2D eigenvalue weighted by Gasteiger charge is 2.30. The van der Waals surface area contributed by atoms with Gasteiger partial charge in [0.25, 0.3) is 0 Å². The van der Waals surface area contributed by atoms with Gasteiger partial charge in [0.1, 0.15) is 23.1 Å². The molecule has 24 heavy (non-hydrogen) atoms. The first-order valence-corrected chi connectivity index (χ1v) is 8.49. The molecule has 1 aromatic carbocycles. The van der Waals surface area contributed by atoms with Gasteiger partial charge in [-0.1, -0.05) is 6.92 Å². The largest absolute Gasteiger partial charge is 0.497 e. The van der Waals surface area contributed by atoms with Crippen LogP contribution < -0.4 is 14.4 Å². The SMILES string of the molecule is CCc1nc(C)cc(N2CCC[C@@H]2c2cc(OC)ccc2OC)n1. The number of nitrogens with zero attached hydrogens (tertiary/aromatic N) is 3. The summed E-state index contributed by atoms with van der Waals surface area (Å²) in [6.07, 6.45) is 3.05. The Labute approximate surface area is 143 Å². The molecule has 0 aliphatic carbocycles. The maximum atomic E-state index is 5.60. The highest BCUT2D eigenvalue weighted by Crippen LogP contribution is 2.40. The summed E-state index contributed by atoms with van der Waals surface area (Å²) in [5.74, 6) is 3.65. The fourth-order valence-electron chi connectivity index (χ4n) is 3.38. The van der Waals surface area contributed by atoms with Crippen LogP contribution in [-0.2, 0) is 6.42 Å². The molecule has 1 aliphatic heterocycles. The molecule has 0 amide bonds. The van der Waals surface area contributed by atoms with Crippen molar-refractivity contribution >= 4 is 5.82 Å². The first kappa shape index (κ1) is 16.6. The van der Waals surface area contributed by atoms with Gasteiger partial charge in [0.05, 0.1) is 20.3 Å². The summed E-state index contributed by atoms with van der Waals surface area (Å²) < 4.78 is 11.0. The van der Waals surface area contributed by atoms with Crippen LogP contribution in [0.15, 0.2) is 24.3 Å². The van der Waals surface area contributed by atoms with Gasteiger partial charge in [-0.3, -0.25) is 0 Å². The first-order valence-electron chi connectivity index (χ1n) is 8.49. The summed E-state index contributed by atoms with van der Waals surface area (Å²) in [6.45, 7) is 5.11. The molecule has 2 heterocycles. The minimum absolute atomic E-state index is 0.244. The van der Waals surface area contributed by atoms with Crippen molar-refractivity contribution in [3.05, 3.63) is 41.3 Å². The van der Waals surface area contributed by atoms with Crippen LogP contribution in [0, 0.1) is 6.92 Å². The van der Waals surface area contributed by atoms with Crippen molar-refractivity contribution in [2.24, 2.45) is 0 Å². The fourth-order valence-corrected chi connectivity index (χ4v) is 3.38. The third-order valence-corrected chi connectivity index (χ3v) is 4.55.